The Balaban J connectivity index is 0.000000171. The van der Waals surface area contributed by atoms with E-state index >= 15 is 0 Å². The minimum absolute atomic E-state index is 0.0190. The number of carboxylic acid groups (broad SMARTS) is 2. The summed E-state index contributed by atoms with van der Waals surface area (Å²) in [6.45, 7) is 0. The number of nitro benzene ring substituents is 2. The molecule has 0 atom stereocenters. The molecule has 0 aliphatic heterocycles. The molecule has 0 spiro atoms. The van der Waals surface area contributed by atoms with E-state index in [9.17, 15) is 29.8 Å². The van der Waals surface area contributed by atoms with Gasteiger partial charge in [-0.05, 0) is 24.3 Å². The number of aromatic carboxylic acids is 2. The van der Waals surface area contributed by atoms with E-state index in [4.69, 9.17) is 14.6 Å². The number of hydrogen-bond acceptors (Lipinski definition) is 7. The van der Waals surface area contributed by atoms with Crippen LogP contribution in [0.2, 0.25) is 0 Å². The molecule has 0 aliphatic carbocycles. The monoisotopic (exact) mass is 413 g/mol. The summed E-state index contributed by atoms with van der Waals surface area (Å²) >= 11 is 0. The van der Waals surface area contributed by atoms with Gasteiger partial charge in [-0.1, -0.05) is 0 Å². The van der Waals surface area contributed by atoms with E-state index < -0.39 is 21.8 Å². The highest BCUT2D eigenvalue weighted by molar-refractivity contribution is 5.94. The number of nitro groups is 2. The van der Waals surface area contributed by atoms with Crippen molar-refractivity contribution in [2.75, 3.05) is 0 Å². The number of fused-ring (bicyclic) bond motifs is 2. The van der Waals surface area contributed by atoms with Crippen molar-refractivity contribution >= 4 is 45.2 Å². The zero-order valence-electron chi connectivity index (χ0n) is 14.8. The van der Waals surface area contributed by atoms with Crippen molar-refractivity contribution in [2.24, 2.45) is 0 Å². The molecule has 0 unspecified atom stereocenters. The van der Waals surface area contributed by atoms with Gasteiger partial charge in [-0.3, -0.25) is 20.2 Å². The van der Waals surface area contributed by atoms with Crippen molar-refractivity contribution in [3.63, 3.8) is 0 Å². The molecule has 2 heterocycles. The van der Waals surface area contributed by atoms with Crippen LogP contribution in [0.15, 0.2) is 52.9 Å². The van der Waals surface area contributed by atoms with Gasteiger partial charge in [-0.25, -0.2) is 9.59 Å². The van der Waals surface area contributed by atoms with Crippen LogP contribution in [0.1, 0.15) is 21.0 Å². The third kappa shape index (κ3) is 4.06. The summed E-state index contributed by atoms with van der Waals surface area (Å²) in [6.07, 6.45) is 0. The first-order valence-corrected chi connectivity index (χ1v) is 8.07. The third-order valence-electron chi connectivity index (χ3n) is 3.97. The van der Waals surface area contributed by atoms with Gasteiger partial charge >= 0.3 is 11.9 Å². The van der Waals surface area contributed by atoms with Crippen LogP contribution in [0.3, 0.4) is 0 Å². The molecule has 0 saturated carbocycles. The molecule has 0 saturated heterocycles. The fourth-order valence-corrected chi connectivity index (χ4v) is 2.60. The normalized spacial score (nSPS) is 10.4. The Labute approximate surface area is 165 Å². The molecule has 4 aromatic rings. The lowest BCUT2D eigenvalue weighted by Crippen LogP contribution is -1.94. The number of carboxylic acids is 2. The van der Waals surface area contributed by atoms with E-state index in [1.807, 2.05) is 0 Å². The van der Waals surface area contributed by atoms with E-state index in [-0.39, 0.29) is 22.8 Å². The van der Waals surface area contributed by atoms with Crippen LogP contribution in [0, 0.1) is 20.2 Å². The Bertz CT molecular complexity index is 1190. The number of nitrogens with zero attached hydrogens (tertiary/aromatic N) is 2. The number of aromatic nitrogens is 1. The largest absolute Gasteiger partial charge is 0.477 e. The lowest BCUT2D eigenvalue weighted by atomic mass is 10.2. The second-order valence-electron chi connectivity index (χ2n) is 5.91. The zero-order valence-corrected chi connectivity index (χ0v) is 14.8. The number of nitrogens with one attached hydrogen (secondary N) is 1. The van der Waals surface area contributed by atoms with Gasteiger partial charge < -0.3 is 19.6 Å². The van der Waals surface area contributed by atoms with Crippen LogP contribution in [-0.2, 0) is 0 Å². The van der Waals surface area contributed by atoms with Crippen LogP contribution < -0.4 is 0 Å². The molecule has 4 rings (SSSR count). The summed E-state index contributed by atoms with van der Waals surface area (Å²) < 4.78 is 4.94. The molecular formula is C18H11N3O9. The second-order valence-corrected chi connectivity index (χ2v) is 5.91. The van der Waals surface area contributed by atoms with E-state index in [1.54, 1.807) is 0 Å². The highest BCUT2D eigenvalue weighted by Crippen LogP contribution is 2.24. The van der Waals surface area contributed by atoms with E-state index in [1.165, 1.54) is 48.5 Å². The summed E-state index contributed by atoms with van der Waals surface area (Å²) in [5.41, 5.74) is 0.750. The SMILES string of the molecule is O=C(O)c1cc2cc([N+](=O)[O-])ccc2[nH]1.O=C(O)c1cc2cc([N+](=O)[O-])ccc2o1. The first-order valence-electron chi connectivity index (χ1n) is 8.07. The van der Waals surface area contributed by atoms with Gasteiger partial charge in [-0.15, -0.1) is 0 Å². The van der Waals surface area contributed by atoms with Gasteiger partial charge in [0.25, 0.3) is 11.4 Å². The van der Waals surface area contributed by atoms with Crippen molar-refractivity contribution < 1.29 is 34.1 Å². The average molecular weight is 413 g/mol. The number of hydrogen-bond donors (Lipinski definition) is 3. The number of furan rings is 1. The van der Waals surface area contributed by atoms with Gasteiger partial charge in [0.15, 0.2) is 0 Å². The Morgan fingerprint density at radius 2 is 1.43 bits per heavy atom. The number of benzene rings is 2. The second kappa shape index (κ2) is 7.71. The molecule has 30 heavy (non-hydrogen) atoms. The molecule has 152 valence electrons. The number of rotatable bonds is 4. The van der Waals surface area contributed by atoms with Crippen LogP contribution in [0.4, 0.5) is 11.4 Å². The van der Waals surface area contributed by atoms with Crippen molar-refractivity contribution in [1.29, 1.82) is 0 Å². The maximum atomic E-state index is 10.6. The van der Waals surface area contributed by atoms with Crippen molar-refractivity contribution in [1.82, 2.24) is 4.98 Å². The number of aromatic amines is 1. The maximum absolute atomic E-state index is 10.6. The predicted octanol–water partition coefficient (Wildman–Crippen LogP) is 3.81. The summed E-state index contributed by atoms with van der Waals surface area (Å²) in [7, 11) is 0. The fraction of sp³-hybridized carbons (Fsp3) is 0. The Morgan fingerprint density at radius 3 is 2.00 bits per heavy atom. The average Bonchev–Trinajstić information content (AvgIpc) is 3.31. The summed E-state index contributed by atoms with van der Waals surface area (Å²) in [6, 6.07) is 10.7. The molecule has 0 aliphatic rings. The molecule has 2 aromatic heterocycles. The fourth-order valence-electron chi connectivity index (χ4n) is 2.60. The molecule has 12 nitrogen and oxygen atoms in total. The van der Waals surface area contributed by atoms with E-state index in [0.29, 0.717) is 21.9 Å². The van der Waals surface area contributed by atoms with E-state index in [0.717, 1.165) is 0 Å². The Morgan fingerprint density at radius 1 is 0.833 bits per heavy atom. The van der Waals surface area contributed by atoms with Gasteiger partial charge in [0.2, 0.25) is 5.76 Å². The topological polar surface area (TPSA) is 190 Å². The highest BCUT2D eigenvalue weighted by atomic mass is 16.6. The lowest BCUT2D eigenvalue weighted by molar-refractivity contribution is -0.384. The first-order chi connectivity index (χ1) is 14.2. The Hall–Kier alpha value is -4.74. The van der Waals surface area contributed by atoms with Gasteiger partial charge in [-0.2, -0.15) is 0 Å². The standard InChI is InChI=1S/C9H6N2O4.C9H5NO5/c12-9(13)8-4-5-3-6(11(14)15)1-2-7(5)10-8;11-9(12)8-4-5-3-6(10(13)14)1-2-7(5)15-8/h1-4,10H,(H,12,13);1-4H,(H,11,12). The molecule has 12 heteroatoms. The minimum Gasteiger partial charge on any atom is -0.477 e. The molecule has 2 aromatic carbocycles. The van der Waals surface area contributed by atoms with Crippen molar-refractivity contribution in [3.05, 3.63) is 80.2 Å². The molecule has 0 bridgehead atoms. The summed E-state index contributed by atoms with van der Waals surface area (Å²) in [5.74, 6) is -2.52. The van der Waals surface area contributed by atoms with Gasteiger partial charge in [0.1, 0.15) is 11.3 Å². The quantitative estimate of drug-likeness (QED) is 0.330. The van der Waals surface area contributed by atoms with Gasteiger partial charge in [0, 0.05) is 40.6 Å². The number of H-pyrrole nitrogens is 1. The van der Waals surface area contributed by atoms with Crippen LogP contribution in [-0.4, -0.2) is 37.0 Å². The highest BCUT2D eigenvalue weighted by Gasteiger charge is 2.13. The number of carbonyl (C=O) groups is 2. The first kappa shape index (κ1) is 20.0. The van der Waals surface area contributed by atoms with Gasteiger partial charge in [0.05, 0.1) is 9.85 Å². The van der Waals surface area contributed by atoms with Crippen LogP contribution in [0.5, 0.6) is 0 Å². The van der Waals surface area contributed by atoms with Crippen molar-refractivity contribution in [3.8, 4) is 0 Å². The van der Waals surface area contributed by atoms with Crippen LogP contribution >= 0.6 is 0 Å². The van der Waals surface area contributed by atoms with Crippen LogP contribution in [0.25, 0.3) is 21.9 Å². The molecule has 0 amide bonds. The van der Waals surface area contributed by atoms with E-state index in [2.05, 4.69) is 4.98 Å². The molecular weight excluding hydrogens is 402 g/mol. The smallest absolute Gasteiger partial charge is 0.371 e. The molecule has 3 N–H and O–H groups in total. The molecule has 0 radical (unpaired) electrons. The predicted molar refractivity (Wildman–Crippen MR) is 102 cm³/mol. The Kier molecular flexibility index (Phi) is 5.14. The summed E-state index contributed by atoms with van der Waals surface area (Å²) in [5, 5.41) is 39.2. The number of non-ortho nitro benzene ring substituents is 2. The third-order valence-corrected chi connectivity index (χ3v) is 3.97. The minimum atomic E-state index is -1.20. The zero-order chi connectivity index (χ0) is 22.0. The van der Waals surface area contributed by atoms with Crippen molar-refractivity contribution in [2.45, 2.75) is 0 Å². The summed E-state index contributed by atoms with van der Waals surface area (Å²) in [4.78, 5) is 43.7. The maximum Gasteiger partial charge on any atom is 0.371 e. The lowest BCUT2D eigenvalue weighted by Gasteiger charge is -1.90. The molecule has 0 fully saturated rings.